The molecule has 4 N–H and O–H groups in total. The van der Waals surface area contributed by atoms with Gasteiger partial charge in [-0.2, -0.15) is 0 Å². The van der Waals surface area contributed by atoms with Crippen molar-refractivity contribution in [2.24, 2.45) is 0 Å². The molecule has 2 atom stereocenters. The number of carboxylic acid groups (broad SMARTS) is 2. The van der Waals surface area contributed by atoms with Crippen LogP contribution >= 0.6 is 11.6 Å². The van der Waals surface area contributed by atoms with Gasteiger partial charge in [-0.3, -0.25) is 0 Å². The van der Waals surface area contributed by atoms with Gasteiger partial charge in [0.1, 0.15) is 0 Å². The first-order valence-corrected chi connectivity index (χ1v) is 5.62. The number of fused-ring (bicyclic) bond motifs is 1. The summed E-state index contributed by atoms with van der Waals surface area (Å²) in [6.45, 7) is 0. The molecule has 1 aromatic carbocycles. The molecule has 0 bridgehead atoms. The maximum absolute atomic E-state index is 10.8. The predicted molar refractivity (Wildman–Crippen MR) is 64.0 cm³/mol. The first-order valence-electron chi connectivity index (χ1n) is 5.24. The summed E-state index contributed by atoms with van der Waals surface area (Å²) in [6, 6.07) is 3.99. The van der Waals surface area contributed by atoms with Gasteiger partial charge in [-0.15, -0.1) is 0 Å². The summed E-state index contributed by atoms with van der Waals surface area (Å²) in [6.07, 6.45) is -1.95. The number of nitrogens with one attached hydrogen (secondary N) is 2. The molecule has 0 spiro atoms. The van der Waals surface area contributed by atoms with E-state index in [1.807, 2.05) is 0 Å². The molecule has 1 aliphatic rings. The summed E-state index contributed by atoms with van der Waals surface area (Å²) < 4.78 is 0. The number of halogens is 1. The predicted octanol–water partition coefficient (Wildman–Crippen LogP) is 1.84. The molecule has 0 saturated heterocycles. The molecule has 0 saturated carbocycles. The Kier molecular flexibility index (Phi) is 3.29. The standard InChI is InChI=1S/C11H11ClN2O4/c12-6-2-1-5-3-8(13-10(15)16)9(7(5)4-6)14-11(17)18/h1-2,4,8-9,13-14H,3H2,(H,15,16)(H,17,18)/t8-,9+/m0/s1. The molecule has 0 fully saturated rings. The van der Waals surface area contributed by atoms with Crippen LogP contribution in [0.4, 0.5) is 9.59 Å². The minimum absolute atomic E-state index is 0.434. The van der Waals surface area contributed by atoms with E-state index in [0.717, 1.165) is 5.56 Å². The molecule has 18 heavy (non-hydrogen) atoms. The number of hydrogen-bond acceptors (Lipinski definition) is 2. The fourth-order valence-corrected chi connectivity index (χ4v) is 2.40. The average Bonchev–Trinajstić information content (AvgIpc) is 2.55. The Labute approximate surface area is 108 Å². The molecule has 0 heterocycles. The van der Waals surface area contributed by atoms with Crippen molar-refractivity contribution < 1.29 is 19.8 Å². The van der Waals surface area contributed by atoms with Gasteiger partial charge in [0.15, 0.2) is 0 Å². The van der Waals surface area contributed by atoms with Crippen LogP contribution in [0.25, 0.3) is 0 Å². The van der Waals surface area contributed by atoms with Gasteiger partial charge >= 0.3 is 12.2 Å². The molecule has 6 nitrogen and oxygen atoms in total. The van der Waals surface area contributed by atoms with Gasteiger partial charge in [0, 0.05) is 5.02 Å². The molecular weight excluding hydrogens is 260 g/mol. The maximum atomic E-state index is 10.8. The number of amides is 2. The van der Waals surface area contributed by atoms with Crippen molar-refractivity contribution in [1.29, 1.82) is 0 Å². The van der Waals surface area contributed by atoms with Crippen LogP contribution in [0.15, 0.2) is 18.2 Å². The number of benzene rings is 1. The van der Waals surface area contributed by atoms with Gasteiger partial charge in [0.05, 0.1) is 12.1 Å². The zero-order valence-corrected chi connectivity index (χ0v) is 9.94. The third kappa shape index (κ3) is 2.48. The summed E-state index contributed by atoms with van der Waals surface area (Å²) in [5, 5.41) is 22.7. The van der Waals surface area contributed by atoms with Crippen LogP contribution < -0.4 is 10.6 Å². The lowest BCUT2D eigenvalue weighted by molar-refractivity contribution is 0.177. The lowest BCUT2D eigenvalue weighted by Gasteiger charge is -2.20. The lowest BCUT2D eigenvalue weighted by Crippen LogP contribution is -2.43. The van der Waals surface area contributed by atoms with E-state index in [1.54, 1.807) is 18.2 Å². The van der Waals surface area contributed by atoms with Crippen molar-refractivity contribution in [3.63, 3.8) is 0 Å². The van der Waals surface area contributed by atoms with E-state index >= 15 is 0 Å². The molecule has 1 aromatic rings. The number of carbonyl (C=O) groups is 2. The van der Waals surface area contributed by atoms with Crippen LogP contribution in [0, 0.1) is 0 Å². The average molecular weight is 271 g/mol. The Morgan fingerprint density at radius 2 is 1.89 bits per heavy atom. The first kappa shape index (κ1) is 12.5. The fraction of sp³-hybridized carbons (Fsp3) is 0.273. The molecule has 2 rings (SSSR count). The van der Waals surface area contributed by atoms with Crippen molar-refractivity contribution in [3.05, 3.63) is 34.3 Å². The molecule has 2 amide bonds. The van der Waals surface area contributed by atoms with Crippen LogP contribution in [-0.2, 0) is 6.42 Å². The molecule has 0 aromatic heterocycles. The largest absolute Gasteiger partial charge is 0.465 e. The number of hydrogen-bond donors (Lipinski definition) is 4. The van der Waals surface area contributed by atoms with E-state index in [-0.39, 0.29) is 0 Å². The van der Waals surface area contributed by atoms with Gasteiger partial charge < -0.3 is 20.8 Å². The third-order valence-electron chi connectivity index (χ3n) is 2.87. The Morgan fingerprint density at radius 3 is 2.50 bits per heavy atom. The van der Waals surface area contributed by atoms with E-state index in [4.69, 9.17) is 21.8 Å². The van der Waals surface area contributed by atoms with Crippen molar-refractivity contribution >= 4 is 23.8 Å². The SMILES string of the molecule is O=C(O)N[C@H]1Cc2ccc(Cl)cc2[C@H]1NC(=O)O. The van der Waals surface area contributed by atoms with Crippen molar-refractivity contribution in [2.45, 2.75) is 18.5 Å². The summed E-state index contributed by atoms with van der Waals surface area (Å²) in [5.74, 6) is 0. The number of rotatable bonds is 2. The Balaban J connectivity index is 2.31. The van der Waals surface area contributed by atoms with Crippen LogP contribution in [0.1, 0.15) is 17.2 Å². The van der Waals surface area contributed by atoms with Crippen LogP contribution in [0.5, 0.6) is 0 Å². The van der Waals surface area contributed by atoms with Gasteiger partial charge in [-0.05, 0) is 29.7 Å². The third-order valence-corrected chi connectivity index (χ3v) is 3.11. The Hall–Kier alpha value is -1.95. The highest BCUT2D eigenvalue weighted by Crippen LogP contribution is 2.33. The van der Waals surface area contributed by atoms with E-state index < -0.39 is 24.3 Å². The van der Waals surface area contributed by atoms with E-state index in [0.29, 0.717) is 17.0 Å². The maximum Gasteiger partial charge on any atom is 0.405 e. The summed E-state index contributed by atoms with van der Waals surface area (Å²) in [7, 11) is 0. The molecule has 96 valence electrons. The molecule has 7 heteroatoms. The normalized spacial score (nSPS) is 21.2. The highest BCUT2D eigenvalue weighted by Gasteiger charge is 2.34. The van der Waals surface area contributed by atoms with Gasteiger partial charge in [0.25, 0.3) is 0 Å². The van der Waals surface area contributed by atoms with Crippen molar-refractivity contribution in [2.75, 3.05) is 0 Å². The zero-order chi connectivity index (χ0) is 13.3. The lowest BCUT2D eigenvalue weighted by atomic mass is 10.1. The van der Waals surface area contributed by atoms with E-state index in [2.05, 4.69) is 10.6 Å². The highest BCUT2D eigenvalue weighted by molar-refractivity contribution is 6.30. The smallest absolute Gasteiger partial charge is 0.405 e. The topological polar surface area (TPSA) is 98.7 Å². The van der Waals surface area contributed by atoms with Gasteiger partial charge in [-0.1, -0.05) is 17.7 Å². The highest BCUT2D eigenvalue weighted by atomic mass is 35.5. The second kappa shape index (κ2) is 4.73. The van der Waals surface area contributed by atoms with Crippen LogP contribution in [0.3, 0.4) is 0 Å². The zero-order valence-electron chi connectivity index (χ0n) is 9.18. The molecular formula is C11H11ClN2O4. The van der Waals surface area contributed by atoms with Gasteiger partial charge in [-0.25, -0.2) is 9.59 Å². The minimum atomic E-state index is -1.20. The quantitative estimate of drug-likeness (QED) is 0.659. The first-order chi connectivity index (χ1) is 8.47. The van der Waals surface area contributed by atoms with Crippen molar-refractivity contribution in [1.82, 2.24) is 10.6 Å². The van der Waals surface area contributed by atoms with Crippen molar-refractivity contribution in [3.8, 4) is 0 Å². The minimum Gasteiger partial charge on any atom is -0.465 e. The molecule has 0 aliphatic heterocycles. The second-order valence-corrected chi connectivity index (χ2v) is 4.47. The molecule has 1 aliphatic carbocycles. The summed E-state index contributed by atoms with van der Waals surface area (Å²) in [5.41, 5.74) is 1.60. The Bertz CT molecular complexity index is 506. The summed E-state index contributed by atoms with van der Waals surface area (Å²) >= 11 is 5.87. The van der Waals surface area contributed by atoms with Crippen LogP contribution in [-0.4, -0.2) is 28.4 Å². The van der Waals surface area contributed by atoms with E-state index in [1.165, 1.54) is 0 Å². The van der Waals surface area contributed by atoms with E-state index in [9.17, 15) is 9.59 Å². The summed E-state index contributed by atoms with van der Waals surface area (Å²) in [4.78, 5) is 21.5. The monoisotopic (exact) mass is 270 g/mol. The fourth-order valence-electron chi connectivity index (χ4n) is 2.22. The molecule has 0 radical (unpaired) electrons. The van der Waals surface area contributed by atoms with Crippen LogP contribution in [0.2, 0.25) is 5.02 Å². The second-order valence-electron chi connectivity index (χ2n) is 4.03. The molecule has 0 unspecified atom stereocenters. The Morgan fingerprint density at radius 1 is 1.22 bits per heavy atom. The van der Waals surface area contributed by atoms with Gasteiger partial charge in [0.2, 0.25) is 0 Å².